The van der Waals surface area contributed by atoms with Gasteiger partial charge in [0, 0.05) is 18.9 Å². The third-order valence-corrected chi connectivity index (χ3v) is 2.01. The van der Waals surface area contributed by atoms with Gasteiger partial charge in [-0.05, 0) is 19.8 Å². The van der Waals surface area contributed by atoms with E-state index in [1.807, 2.05) is 0 Å². The van der Waals surface area contributed by atoms with Gasteiger partial charge < -0.3 is 10.1 Å². The molecule has 0 aliphatic carbocycles. The lowest BCUT2D eigenvalue weighted by molar-refractivity contribution is -0.123. The Kier molecular flexibility index (Phi) is 2.63. The summed E-state index contributed by atoms with van der Waals surface area (Å²) in [7, 11) is 0. The molecule has 62 valence electrons. The Labute approximate surface area is 66.2 Å². The first-order chi connectivity index (χ1) is 5.20. The van der Waals surface area contributed by atoms with Crippen molar-refractivity contribution in [1.29, 1.82) is 0 Å². The summed E-state index contributed by atoms with van der Waals surface area (Å²) in [5.74, 6) is 0.384. The van der Waals surface area contributed by atoms with Gasteiger partial charge in [-0.15, -0.1) is 0 Å². The predicted octanol–water partition coefficient (Wildman–Crippen LogP) is 0.492. The zero-order valence-electron chi connectivity index (χ0n) is 6.72. The summed E-state index contributed by atoms with van der Waals surface area (Å²) >= 11 is 0. The third-order valence-electron chi connectivity index (χ3n) is 2.01. The van der Waals surface area contributed by atoms with Crippen LogP contribution in [0.3, 0.4) is 0 Å². The van der Waals surface area contributed by atoms with Crippen molar-refractivity contribution in [3.8, 4) is 0 Å². The van der Waals surface area contributed by atoms with E-state index in [0.717, 1.165) is 19.4 Å². The minimum Gasteiger partial charge on any atom is -0.356 e. The monoisotopic (exact) mass is 155 g/mol. The van der Waals surface area contributed by atoms with Crippen LogP contribution in [0.1, 0.15) is 26.2 Å². The molecule has 3 nitrogen and oxygen atoms in total. The van der Waals surface area contributed by atoms with Crippen molar-refractivity contribution in [3.63, 3.8) is 0 Å². The summed E-state index contributed by atoms with van der Waals surface area (Å²) in [5.41, 5.74) is 0. The zero-order valence-corrected chi connectivity index (χ0v) is 6.72. The topological polar surface area (TPSA) is 46.2 Å². The summed E-state index contributed by atoms with van der Waals surface area (Å²) < 4.78 is 0. The number of hydrogen-bond acceptors (Lipinski definition) is 2. The second kappa shape index (κ2) is 3.51. The summed E-state index contributed by atoms with van der Waals surface area (Å²) in [4.78, 5) is 21.5. The molecule has 0 bridgehead atoms. The quantitative estimate of drug-likeness (QED) is 0.644. The van der Waals surface area contributed by atoms with E-state index < -0.39 is 0 Å². The number of nitrogens with one attached hydrogen (secondary N) is 1. The van der Waals surface area contributed by atoms with Gasteiger partial charge in [-0.2, -0.15) is 0 Å². The number of rotatable bonds is 3. The number of amides is 1. The number of hydrogen-bond donors (Lipinski definition) is 1. The molecular weight excluding hydrogens is 142 g/mol. The fourth-order valence-electron chi connectivity index (χ4n) is 1.30. The molecule has 0 aromatic heterocycles. The molecule has 1 amide bonds. The molecule has 0 saturated carbocycles. The maximum Gasteiger partial charge on any atom is 0.223 e. The first-order valence-corrected chi connectivity index (χ1v) is 3.97. The Bertz CT molecular complexity index is 177. The van der Waals surface area contributed by atoms with E-state index >= 15 is 0 Å². The van der Waals surface area contributed by atoms with E-state index in [1.165, 1.54) is 0 Å². The molecule has 0 spiro atoms. The summed E-state index contributed by atoms with van der Waals surface area (Å²) in [6.45, 7) is 2.34. The van der Waals surface area contributed by atoms with Crippen LogP contribution in [0.25, 0.3) is 0 Å². The largest absolute Gasteiger partial charge is 0.356 e. The van der Waals surface area contributed by atoms with Gasteiger partial charge in [0.1, 0.15) is 5.78 Å². The van der Waals surface area contributed by atoms with Crippen molar-refractivity contribution >= 4 is 11.7 Å². The van der Waals surface area contributed by atoms with Crippen molar-refractivity contribution in [2.24, 2.45) is 5.92 Å². The predicted molar refractivity (Wildman–Crippen MR) is 41.0 cm³/mol. The average molecular weight is 155 g/mol. The third kappa shape index (κ3) is 2.33. The maximum absolute atomic E-state index is 11.0. The molecule has 1 heterocycles. The van der Waals surface area contributed by atoms with Crippen LogP contribution >= 0.6 is 0 Å². The number of Topliss-reactive ketones (excluding diaryl/α,β-unsaturated/α-hetero) is 1. The molecule has 1 unspecified atom stereocenters. The lowest BCUT2D eigenvalue weighted by atomic mass is 10.0. The van der Waals surface area contributed by atoms with Gasteiger partial charge >= 0.3 is 0 Å². The van der Waals surface area contributed by atoms with Crippen LogP contribution in [-0.2, 0) is 9.59 Å². The SMILES string of the molecule is CC(=O)CCC1CCNC1=O. The summed E-state index contributed by atoms with van der Waals surface area (Å²) in [6.07, 6.45) is 2.16. The first kappa shape index (κ1) is 8.24. The highest BCUT2D eigenvalue weighted by Gasteiger charge is 2.23. The van der Waals surface area contributed by atoms with E-state index in [1.54, 1.807) is 6.92 Å². The van der Waals surface area contributed by atoms with Crippen LogP contribution in [-0.4, -0.2) is 18.2 Å². The van der Waals surface area contributed by atoms with E-state index in [4.69, 9.17) is 0 Å². The van der Waals surface area contributed by atoms with Crippen LogP contribution in [0.2, 0.25) is 0 Å². The molecule has 1 rings (SSSR count). The van der Waals surface area contributed by atoms with Crippen LogP contribution in [0, 0.1) is 5.92 Å². The maximum atomic E-state index is 11.0. The van der Waals surface area contributed by atoms with Crippen LogP contribution in [0.5, 0.6) is 0 Å². The lowest BCUT2D eigenvalue weighted by Gasteiger charge is -2.02. The molecular formula is C8H13NO2. The Morgan fingerprint density at radius 1 is 1.73 bits per heavy atom. The molecule has 0 radical (unpaired) electrons. The normalized spacial score (nSPS) is 23.4. The van der Waals surface area contributed by atoms with Gasteiger partial charge in [0.15, 0.2) is 0 Å². The number of ketones is 1. The summed E-state index contributed by atoms with van der Waals surface area (Å²) in [5, 5.41) is 2.74. The van der Waals surface area contributed by atoms with Gasteiger partial charge in [-0.3, -0.25) is 4.79 Å². The average Bonchev–Trinajstić information content (AvgIpc) is 2.31. The minimum absolute atomic E-state index is 0.0962. The smallest absolute Gasteiger partial charge is 0.223 e. The number of carbonyl (C=O) groups is 2. The van der Waals surface area contributed by atoms with Gasteiger partial charge in [0.05, 0.1) is 0 Å². The molecule has 1 aliphatic rings. The van der Waals surface area contributed by atoms with Gasteiger partial charge in [-0.25, -0.2) is 0 Å². The highest BCUT2D eigenvalue weighted by atomic mass is 16.2. The minimum atomic E-state index is 0.0962. The first-order valence-electron chi connectivity index (χ1n) is 3.97. The molecule has 1 atom stereocenters. The zero-order chi connectivity index (χ0) is 8.27. The molecule has 1 aliphatic heterocycles. The fourth-order valence-corrected chi connectivity index (χ4v) is 1.30. The highest BCUT2D eigenvalue weighted by Crippen LogP contribution is 2.15. The van der Waals surface area contributed by atoms with E-state index in [9.17, 15) is 9.59 Å². The van der Waals surface area contributed by atoms with E-state index in [-0.39, 0.29) is 17.6 Å². The van der Waals surface area contributed by atoms with E-state index in [2.05, 4.69) is 5.32 Å². The van der Waals surface area contributed by atoms with Gasteiger partial charge in [0.2, 0.25) is 5.91 Å². The molecule has 0 aromatic carbocycles. The van der Waals surface area contributed by atoms with Crippen molar-refractivity contribution < 1.29 is 9.59 Å². The lowest BCUT2D eigenvalue weighted by Crippen LogP contribution is -2.19. The summed E-state index contributed by atoms with van der Waals surface area (Å²) in [6, 6.07) is 0. The second-order valence-corrected chi connectivity index (χ2v) is 3.02. The Hall–Kier alpha value is -0.860. The molecule has 1 N–H and O–H groups in total. The Morgan fingerprint density at radius 2 is 2.45 bits per heavy atom. The second-order valence-electron chi connectivity index (χ2n) is 3.02. The van der Waals surface area contributed by atoms with Gasteiger partial charge in [-0.1, -0.05) is 0 Å². The molecule has 3 heteroatoms. The molecule has 0 aromatic rings. The van der Waals surface area contributed by atoms with E-state index in [0.29, 0.717) is 6.42 Å². The van der Waals surface area contributed by atoms with Gasteiger partial charge in [0.25, 0.3) is 0 Å². The standard InChI is InChI=1S/C8H13NO2/c1-6(10)2-3-7-4-5-9-8(7)11/h7H,2-5H2,1H3,(H,9,11). The van der Waals surface area contributed by atoms with Crippen LogP contribution in [0.4, 0.5) is 0 Å². The Balaban J connectivity index is 2.26. The molecule has 1 fully saturated rings. The highest BCUT2D eigenvalue weighted by molar-refractivity contribution is 5.82. The van der Waals surface area contributed by atoms with Crippen LogP contribution < -0.4 is 5.32 Å². The van der Waals surface area contributed by atoms with Crippen molar-refractivity contribution in [2.45, 2.75) is 26.2 Å². The van der Waals surface area contributed by atoms with Crippen molar-refractivity contribution in [3.05, 3.63) is 0 Å². The van der Waals surface area contributed by atoms with Crippen LogP contribution in [0.15, 0.2) is 0 Å². The molecule has 1 saturated heterocycles. The fraction of sp³-hybridized carbons (Fsp3) is 0.750. The Morgan fingerprint density at radius 3 is 2.91 bits per heavy atom. The van der Waals surface area contributed by atoms with Crippen molar-refractivity contribution in [2.75, 3.05) is 6.54 Å². The van der Waals surface area contributed by atoms with Crippen molar-refractivity contribution in [1.82, 2.24) is 5.32 Å². The molecule has 11 heavy (non-hydrogen) atoms. The number of carbonyl (C=O) groups excluding carboxylic acids is 2.